The molecule has 0 unspecified atom stereocenters. The van der Waals surface area contributed by atoms with Crippen molar-refractivity contribution < 1.29 is 0 Å². The molecule has 1 N–H and O–H groups in total. The zero-order chi connectivity index (χ0) is 14.7. The standard InChI is InChI=1S/C17H22N4/c1-3-18-16-11-13(2)19-17(20-16)12-21-10-6-8-14-7-4-5-9-15(14)21/h4-5,7,9,11H,3,6,8,10,12H2,1-2H3,(H,18,19,20). The maximum Gasteiger partial charge on any atom is 0.150 e. The van der Waals surface area contributed by atoms with Crippen LogP contribution in [-0.2, 0) is 13.0 Å². The van der Waals surface area contributed by atoms with E-state index in [0.717, 1.165) is 37.0 Å². The normalized spacial score (nSPS) is 13.9. The number of nitrogens with zero attached hydrogens (tertiary/aromatic N) is 3. The highest BCUT2D eigenvalue weighted by Crippen LogP contribution is 2.27. The van der Waals surface area contributed by atoms with Crippen molar-refractivity contribution in [2.45, 2.75) is 33.2 Å². The van der Waals surface area contributed by atoms with Gasteiger partial charge in [0.15, 0.2) is 0 Å². The fourth-order valence-corrected chi connectivity index (χ4v) is 2.92. The molecule has 4 nitrogen and oxygen atoms in total. The minimum absolute atomic E-state index is 0.775. The Bertz CT molecular complexity index is 624. The van der Waals surface area contributed by atoms with Gasteiger partial charge in [0.25, 0.3) is 0 Å². The van der Waals surface area contributed by atoms with Crippen LogP contribution >= 0.6 is 0 Å². The first-order chi connectivity index (χ1) is 10.3. The molecular weight excluding hydrogens is 260 g/mol. The second kappa shape index (κ2) is 6.12. The first kappa shape index (κ1) is 13.9. The number of aryl methyl sites for hydroxylation is 2. The monoisotopic (exact) mass is 282 g/mol. The van der Waals surface area contributed by atoms with Gasteiger partial charge >= 0.3 is 0 Å². The van der Waals surface area contributed by atoms with E-state index in [1.165, 1.54) is 24.1 Å². The smallest absolute Gasteiger partial charge is 0.150 e. The summed E-state index contributed by atoms with van der Waals surface area (Å²) in [5, 5.41) is 3.28. The number of hydrogen-bond acceptors (Lipinski definition) is 4. The van der Waals surface area contributed by atoms with Crippen molar-refractivity contribution >= 4 is 11.5 Å². The Hall–Kier alpha value is -2.10. The number of aromatic nitrogens is 2. The van der Waals surface area contributed by atoms with Gasteiger partial charge in [-0.1, -0.05) is 18.2 Å². The predicted octanol–water partition coefficient (Wildman–Crippen LogP) is 3.17. The van der Waals surface area contributed by atoms with Crippen LogP contribution < -0.4 is 10.2 Å². The number of fused-ring (bicyclic) bond motifs is 1. The van der Waals surface area contributed by atoms with Crippen LogP contribution in [0.15, 0.2) is 30.3 Å². The third-order valence-corrected chi connectivity index (χ3v) is 3.80. The Morgan fingerprint density at radius 2 is 2.10 bits per heavy atom. The van der Waals surface area contributed by atoms with E-state index in [0.29, 0.717) is 0 Å². The summed E-state index contributed by atoms with van der Waals surface area (Å²) in [5.74, 6) is 1.81. The zero-order valence-corrected chi connectivity index (χ0v) is 12.8. The fraction of sp³-hybridized carbons (Fsp3) is 0.412. The highest BCUT2D eigenvalue weighted by molar-refractivity contribution is 5.55. The van der Waals surface area contributed by atoms with E-state index >= 15 is 0 Å². The molecule has 3 rings (SSSR count). The van der Waals surface area contributed by atoms with Gasteiger partial charge in [0.1, 0.15) is 11.6 Å². The van der Waals surface area contributed by atoms with Crippen molar-refractivity contribution in [1.29, 1.82) is 0 Å². The maximum atomic E-state index is 4.63. The van der Waals surface area contributed by atoms with Crippen LogP contribution in [0.2, 0.25) is 0 Å². The SMILES string of the molecule is CCNc1cc(C)nc(CN2CCCc3ccccc32)n1. The first-order valence-corrected chi connectivity index (χ1v) is 7.67. The molecule has 0 atom stereocenters. The second-order valence-corrected chi connectivity index (χ2v) is 5.49. The molecule has 0 bridgehead atoms. The van der Waals surface area contributed by atoms with Gasteiger partial charge in [0.2, 0.25) is 0 Å². The number of benzene rings is 1. The minimum atomic E-state index is 0.775. The molecule has 110 valence electrons. The van der Waals surface area contributed by atoms with Crippen LogP contribution in [0.5, 0.6) is 0 Å². The summed E-state index contributed by atoms with van der Waals surface area (Å²) in [6, 6.07) is 10.7. The lowest BCUT2D eigenvalue weighted by atomic mass is 10.0. The molecule has 0 fully saturated rings. The lowest BCUT2D eigenvalue weighted by Gasteiger charge is -2.30. The number of rotatable bonds is 4. The lowest BCUT2D eigenvalue weighted by molar-refractivity contribution is 0.672. The number of anilines is 2. The molecule has 0 saturated carbocycles. The molecule has 0 aliphatic carbocycles. The van der Waals surface area contributed by atoms with Crippen LogP contribution in [0, 0.1) is 6.92 Å². The molecule has 4 heteroatoms. The van der Waals surface area contributed by atoms with Gasteiger partial charge < -0.3 is 10.2 Å². The van der Waals surface area contributed by atoms with Crippen molar-refractivity contribution in [2.75, 3.05) is 23.3 Å². The molecule has 1 aromatic carbocycles. The number of para-hydroxylation sites is 1. The summed E-state index contributed by atoms with van der Waals surface area (Å²) in [4.78, 5) is 11.6. The van der Waals surface area contributed by atoms with Crippen LogP contribution in [0.1, 0.15) is 30.4 Å². The third kappa shape index (κ3) is 3.15. The second-order valence-electron chi connectivity index (χ2n) is 5.49. The van der Waals surface area contributed by atoms with Crippen LogP contribution in [0.25, 0.3) is 0 Å². The van der Waals surface area contributed by atoms with Gasteiger partial charge in [-0.05, 0) is 38.3 Å². The quantitative estimate of drug-likeness (QED) is 0.935. The minimum Gasteiger partial charge on any atom is -0.370 e. The Morgan fingerprint density at radius 3 is 2.95 bits per heavy atom. The molecule has 21 heavy (non-hydrogen) atoms. The van der Waals surface area contributed by atoms with Gasteiger partial charge in [-0.15, -0.1) is 0 Å². The van der Waals surface area contributed by atoms with E-state index in [4.69, 9.17) is 0 Å². The van der Waals surface area contributed by atoms with Gasteiger partial charge in [0.05, 0.1) is 6.54 Å². The molecule has 1 aliphatic heterocycles. The summed E-state index contributed by atoms with van der Waals surface area (Å²) < 4.78 is 0. The highest BCUT2D eigenvalue weighted by atomic mass is 15.2. The van der Waals surface area contributed by atoms with Crippen molar-refractivity contribution in [3.05, 3.63) is 47.4 Å². The summed E-state index contributed by atoms with van der Waals surface area (Å²) in [5.41, 5.74) is 3.78. The molecule has 2 aromatic rings. The molecule has 0 radical (unpaired) electrons. The largest absolute Gasteiger partial charge is 0.370 e. The molecule has 1 aromatic heterocycles. The summed E-state index contributed by atoms with van der Waals surface area (Å²) in [6.45, 7) is 6.83. The van der Waals surface area contributed by atoms with E-state index in [-0.39, 0.29) is 0 Å². The molecule has 1 aliphatic rings. The maximum absolute atomic E-state index is 4.63. The fourth-order valence-electron chi connectivity index (χ4n) is 2.92. The third-order valence-electron chi connectivity index (χ3n) is 3.80. The molecule has 0 amide bonds. The van der Waals surface area contributed by atoms with Crippen molar-refractivity contribution in [3.63, 3.8) is 0 Å². The zero-order valence-electron chi connectivity index (χ0n) is 12.8. The molecular formula is C17H22N4. The number of hydrogen-bond donors (Lipinski definition) is 1. The van der Waals surface area contributed by atoms with E-state index in [2.05, 4.69) is 51.4 Å². The topological polar surface area (TPSA) is 41.1 Å². The average molecular weight is 282 g/mol. The summed E-state index contributed by atoms with van der Waals surface area (Å²) >= 11 is 0. The molecule has 0 saturated heterocycles. The predicted molar refractivity (Wildman–Crippen MR) is 86.7 cm³/mol. The Morgan fingerprint density at radius 1 is 1.24 bits per heavy atom. The molecule has 0 spiro atoms. The van der Waals surface area contributed by atoms with Crippen LogP contribution in [0.3, 0.4) is 0 Å². The summed E-state index contributed by atoms with van der Waals surface area (Å²) in [7, 11) is 0. The molecule has 2 heterocycles. The van der Waals surface area contributed by atoms with Gasteiger partial charge in [0, 0.05) is 30.5 Å². The summed E-state index contributed by atoms with van der Waals surface area (Å²) in [6.07, 6.45) is 2.37. The van der Waals surface area contributed by atoms with Gasteiger partial charge in [-0.25, -0.2) is 9.97 Å². The van der Waals surface area contributed by atoms with E-state index in [1.807, 2.05) is 13.0 Å². The Labute approximate surface area is 126 Å². The van der Waals surface area contributed by atoms with E-state index in [1.54, 1.807) is 0 Å². The van der Waals surface area contributed by atoms with Gasteiger partial charge in [-0.3, -0.25) is 0 Å². The van der Waals surface area contributed by atoms with E-state index in [9.17, 15) is 0 Å². The average Bonchev–Trinajstić information content (AvgIpc) is 2.47. The van der Waals surface area contributed by atoms with Crippen molar-refractivity contribution in [1.82, 2.24) is 9.97 Å². The Kier molecular flexibility index (Phi) is 4.04. The highest BCUT2D eigenvalue weighted by Gasteiger charge is 2.17. The van der Waals surface area contributed by atoms with Crippen molar-refractivity contribution in [2.24, 2.45) is 0 Å². The lowest BCUT2D eigenvalue weighted by Crippen LogP contribution is -2.29. The van der Waals surface area contributed by atoms with Gasteiger partial charge in [-0.2, -0.15) is 0 Å². The van der Waals surface area contributed by atoms with Crippen molar-refractivity contribution in [3.8, 4) is 0 Å². The first-order valence-electron chi connectivity index (χ1n) is 7.67. The van der Waals surface area contributed by atoms with E-state index < -0.39 is 0 Å². The van der Waals surface area contributed by atoms with Crippen LogP contribution in [0.4, 0.5) is 11.5 Å². The van der Waals surface area contributed by atoms with Crippen LogP contribution in [-0.4, -0.2) is 23.1 Å². The number of nitrogens with one attached hydrogen (secondary N) is 1. The Balaban J connectivity index is 1.84.